The average molecular weight is 939 g/mol. The van der Waals surface area contributed by atoms with Crippen LogP contribution in [0.5, 0.6) is 17.2 Å². The molecule has 0 spiro atoms. The minimum atomic E-state index is -0.395. The molecular formula is C63H50N6O3. The molecular weight excluding hydrogens is 889 g/mol. The summed E-state index contributed by atoms with van der Waals surface area (Å²) < 4.78 is 24.2. The monoisotopic (exact) mass is 938 g/mol. The third-order valence-electron chi connectivity index (χ3n) is 11.4. The first kappa shape index (κ1) is 51.7. The van der Waals surface area contributed by atoms with Gasteiger partial charge in [0, 0.05) is 54.1 Å². The molecule has 2 atom stereocenters. The molecule has 0 fully saturated rings. The van der Waals surface area contributed by atoms with Crippen LogP contribution in [0.15, 0.2) is 55.0 Å². The van der Waals surface area contributed by atoms with Gasteiger partial charge in [-0.1, -0.05) is 82.9 Å². The van der Waals surface area contributed by atoms with E-state index in [1.165, 1.54) is 0 Å². The lowest BCUT2D eigenvalue weighted by Crippen LogP contribution is -2.30. The highest BCUT2D eigenvalue weighted by Gasteiger charge is 2.20. The Morgan fingerprint density at radius 2 is 1.12 bits per heavy atom. The van der Waals surface area contributed by atoms with Crippen LogP contribution in [0.3, 0.4) is 0 Å². The highest BCUT2D eigenvalue weighted by molar-refractivity contribution is 5.93. The minimum absolute atomic E-state index is 0.0264. The van der Waals surface area contributed by atoms with E-state index >= 15 is 0 Å². The lowest BCUT2D eigenvalue weighted by atomic mass is 10.0. The number of nitrogens with one attached hydrogen (secondary N) is 3. The van der Waals surface area contributed by atoms with Crippen molar-refractivity contribution in [2.75, 3.05) is 46.0 Å². The molecule has 0 amide bonds. The molecule has 0 saturated carbocycles. The second-order valence-corrected chi connectivity index (χ2v) is 16.0. The van der Waals surface area contributed by atoms with Crippen LogP contribution in [0.25, 0.3) is 32.7 Å². The third-order valence-corrected chi connectivity index (χ3v) is 11.4. The van der Waals surface area contributed by atoms with Gasteiger partial charge in [-0.3, -0.25) is 10.6 Å². The molecule has 0 saturated heterocycles. The first-order chi connectivity index (χ1) is 35.3. The van der Waals surface area contributed by atoms with E-state index in [2.05, 4.69) is 98.8 Å². The Labute approximate surface area is 424 Å². The summed E-state index contributed by atoms with van der Waals surface area (Å²) in [6, 6.07) is 10.5. The molecule has 6 rings (SSSR count). The van der Waals surface area contributed by atoms with Crippen molar-refractivity contribution in [3.05, 3.63) is 88.4 Å². The zero-order valence-electron chi connectivity index (χ0n) is 39.9. The van der Waals surface area contributed by atoms with E-state index in [1.807, 2.05) is 68.7 Å². The molecule has 3 heterocycles. The van der Waals surface area contributed by atoms with E-state index in [4.69, 9.17) is 78.4 Å². The lowest BCUT2D eigenvalue weighted by molar-refractivity contribution is 0.369. The lowest BCUT2D eigenvalue weighted by Gasteiger charge is -2.13. The Morgan fingerprint density at radius 3 is 1.76 bits per heavy atom. The van der Waals surface area contributed by atoms with Crippen LogP contribution < -0.4 is 30.2 Å². The van der Waals surface area contributed by atoms with Gasteiger partial charge in [-0.15, -0.1) is 64.2 Å². The van der Waals surface area contributed by atoms with Gasteiger partial charge in [0.2, 0.25) is 0 Å². The summed E-state index contributed by atoms with van der Waals surface area (Å²) in [7, 11) is 0. The first-order valence-electron chi connectivity index (χ1n) is 22.7. The fourth-order valence-electron chi connectivity index (χ4n) is 8.44. The van der Waals surface area contributed by atoms with E-state index < -0.39 is 6.04 Å². The molecule has 0 bridgehead atoms. The van der Waals surface area contributed by atoms with Gasteiger partial charge in [0.15, 0.2) is 0 Å². The second-order valence-electron chi connectivity index (χ2n) is 16.0. The number of hydrogen-bond acceptors (Lipinski definition) is 6. The van der Waals surface area contributed by atoms with Crippen molar-refractivity contribution in [2.24, 2.45) is 0 Å². The quantitative estimate of drug-likeness (QED) is 0.0645. The van der Waals surface area contributed by atoms with E-state index in [-0.39, 0.29) is 39.0 Å². The Hall–Kier alpha value is -9.72. The molecule has 72 heavy (non-hydrogen) atoms. The highest BCUT2D eigenvalue weighted by atomic mass is 16.5. The number of fused-ring (bicyclic) bond motifs is 3. The summed E-state index contributed by atoms with van der Waals surface area (Å²) in [5.74, 6) is 41.4. The third kappa shape index (κ3) is 12.5. The summed E-state index contributed by atoms with van der Waals surface area (Å²) in [6.07, 6.45) is 65.3. The van der Waals surface area contributed by atoms with Gasteiger partial charge in [-0.05, 0) is 59.5 Å². The molecule has 0 radical (unpaired) electrons. The van der Waals surface area contributed by atoms with Crippen LogP contribution in [-0.2, 0) is 38.9 Å². The zero-order chi connectivity index (χ0) is 51.2. The molecule has 350 valence electrons. The SMILES string of the molecule is C#CCNCCc1cn(CC#C)c2c(C#C)cc(OCC#CC(Cc3cn(CC#C)c4ccc(OCC#CC(Cc5cn(CC#C)c6cc(C#C)c(OCC#C)cc56)NCC#C)c(C#C)c34)NCC#C)cc12. The van der Waals surface area contributed by atoms with Gasteiger partial charge >= 0.3 is 0 Å². The summed E-state index contributed by atoms with van der Waals surface area (Å²) >= 11 is 0. The smallest absolute Gasteiger partial charge is 0.149 e. The predicted molar refractivity (Wildman–Crippen MR) is 291 cm³/mol. The van der Waals surface area contributed by atoms with Crippen molar-refractivity contribution in [3.8, 4) is 164 Å². The van der Waals surface area contributed by atoms with E-state index in [0.29, 0.717) is 85.9 Å². The van der Waals surface area contributed by atoms with Crippen LogP contribution in [-0.4, -0.2) is 71.8 Å². The number of terminal acetylenes is 10. The summed E-state index contributed by atoms with van der Waals surface area (Å²) in [4.78, 5) is 0. The van der Waals surface area contributed by atoms with Gasteiger partial charge in [0.25, 0.3) is 0 Å². The Balaban J connectivity index is 1.24. The van der Waals surface area contributed by atoms with E-state index in [9.17, 15) is 0 Å². The molecule has 3 aromatic carbocycles. The molecule has 9 heteroatoms. The maximum Gasteiger partial charge on any atom is 0.149 e. The molecule has 0 aliphatic rings. The average Bonchev–Trinajstić information content (AvgIpc) is 4.04. The fraction of sp³-hybridized carbons (Fsp3) is 0.238. The largest absolute Gasteiger partial charge is 0.481 e. The standard InChI is InChI=1S/C63H50N6O3/c1-11-28-64-31-27-49-44-69(34-16-6)63-48(19-9)40-54(42-57(49)63)70-36-21-23-53(66-30-13-3)39-51-46-67(32-14-4)58-25-26-60(55(20-10)62(51)58)72-37-22-24-52(65-29-12-2)38-50-45-68(33-15-5)59-41-47(18-8)61(43-56(50)59)71-35-17-7/h1-10,25-26,40-46,52-53,64-66H,27-39H2. The highest BCUT2D eigenvalue weighted by Crippen LogP contribution is 2.34. The van der Waals surface area contributed by atoms with Crippen molar-refractivity contribution in [3.63, 3.8) is 0 Å². The van der Waals surface area contributed by atoms with Crippen LogP contribution in [0, 0.1) is 147 Å². The number of hydrogen-bond donors (Lipinski definition) is 3. The Bertz CT molecular complexity index is 3570. The molecule has 3 aromatic heterocycles. The Morgan fingerprint density at radius 1 is 0.514 bits per heavy atom. The number of benzene rings is 3. The maximum atomic E-state index is 6.30. The van der Waals surface area contributed by atoms with Gasteiger partial charge in [-0.25, -0.2) is 0 Å². The van der Waals surface area contributed by atoms with Crippen LogP contribution in [0.4, 0.5) is 0 Å². The second kappa shape index (κ2) is 26.1. The van der Waals surface area contributed by atoms with E-state index in [1.54, 1.807) is 0 Å². The van der Waals surface area contributed by atoms with Gasteiger partial charge in [0.1, 0.15) is 37.1 Å². The maximum absolute atomic E-state index is 6.30. The molecule has 3 N–H and O–H groups in total. The van der Waals surface area contributed by atoms with Crippen molar-refractivity contribution >= 4 is 32.7 Å². The summed E-state index contributed by atoms with van der Waals surface area (Å²) in [5, 5.41) is 12.6. The molecule has 2 unspecified atom stereocenters. The molecule has 6 aromatic rings. The summed E-state index contributed by atoms with van der Waals surface area (Å²) in [6.45, 7) is 2.88. The number of nitrogens with zero attached hydrogens (tertiary/aromatic N) is 3. The molecule has 0 aliphatic carbocycles. The first-order valence-corrected chi connectivity index (χ1v) is 22.7. The van der Waals surface area contributed by atoms with Gasteiger partial charge in [0.05, 0.1) is 84.6 Å². The topological polar surface area (TPSA) is 78.6 Å². The molecule has 0 aliphatic heterocycles. The van der Waals surface area contributed by atoms with Crippen LogP contribution in [0.1, 0.15) is 33.4 Å². The van der Waals surface area contributed by atoms with E-state index in [0.717, 1.165) is 49.4 Å². The predicted octanol–water partition coefficient (Wildman–Crippen LogP) is 5.60. The van der Waals surface area contributed by atoms with Crippen molar-refractivity contribution in [1.82, 2.24) is 29.7 Å². The van der Waals surface area contributed by atoms with Gasteiger partial charge < -0.3 is 33.2 Å². The van der Waals surface area contributed by atoms with Crippen molar-refractivity contribution in [2.45, 2.75) is 51.0 Å². The Kier molecular flexibility index (Phi) is 18.8. The van der Waals surface area contributed by atoms with Crippen molar-refractivity contribution < 1.29 is 14.2 Å². The van der Waals surface area contributed by atoms with Crippen LogP contribution >= 0.6 is 0 Å². The normalized spacial score (nSPS) is 10.9. The minimum Gasteiger partial charge on any atom is -0.481 e. The molecule has 9 nitrogen and oxygen atoms in total. The fourth-order valence-corrected chi connectivity index (χ4v) is 8.44. The van der Waals surface area contributed by atoms with Crippen LogP contribution in [0.2, 0.25) is 0 Å². The number of rotatable bonds is 21. The number of ether oxygens (including phenoxy) is 3. The summed E-state index contributed by atoms with van der Waals surface area (Å²) in [5.41, 5.74) is 7.25. The number of aromatic nitrogens is 3. The zero-order valence-corrected chi connectivity index (χ0v) is 39.9. The van der Waals surface area contributed by atoms with Gasteiger partial charge in [-0.2, -0.15) is 0 Å². The van der Waals surface area contributed by atoms with Crippen molar-refractivity contribution in [1.29, 1.82) is 0 Å².